The number of amides is 1. The molecule has 3 aliphatic rings. The number of benzene rings is 3. The van der Waals surface area contributed by atoms with Crippen molar-refractivity contribution < 1.29 is 42.4 Å². The monoisotopic (exact) mass is 551 g/mol. The molecule has 3 aromatic carbocycles. The van der Waals surface area contributed by atoms with Crippen molar-refractivity contribution in [1.29, 1.82) is 0 Å². The first-order valence-electron chi connectivity index (χ1n) is 13.0. The number of rotatable bonds is 7. The first kappa shape index (κ1) is 26.1. The second-order valence-corrected chi connectivity index (χ2v) is 10.4. The molecule has 1 aliphatic carbocycles. The number of hydrogen-bond acceptors (Lipinski definition) is 6. The third-order valence-electron chi connectivity index (χ3n) is 7.77. The SMILES string of the molecule is COc1cccc([C@@H]2C[C@H](NC(=O)C3(c4ccc5c(c4)OC(F)(F)O5)CC3)C[C@H](c3cccc(C(=O)O)c3)O2)c1. The molecule has 0 unspecified atom stereocenters. The van der Waals surface area contributed by atoms with E-state index < -0.39 is 29.9 Å². The standard InChI is InChI=1S/C30H27F2NO7/c1-37-22-7-3-5-18(13-22)25-16-21(15-24(38-25)17-4-2-6-19(12-17)27(34)35)33-28(36)29(10-11-29)20-8-9-23-26(14-20)40-30(31,32)39-23/h2-9,12-14,21,24-25H,10-11,15-16H2,1H3,(H,33,36)(H,34,35)/t21-,24-,25+/m1/s1. The first-order chi connectivity index (χ1) is 19.2. The lowest BCUT2D eigenvalue weighted by Gasteiger charge is -2.37. The number of carboxylic acids is 1. The van der Waals surface area contributed by atoms with Crippen molar-refractivity contribution >= 4 is 11.9 Å². The Morgan fingerprint density at radius 3 is 2.27 bits per heavy atom. The number of fused-ring (bicyclic) bond motifs is 1. The van der Waals surface area contributed by atoms with Crippen LogP contribution in [0.2, 0.25) is 0 Å². The van der Waals surface area contributed by atoms with E-state index in [0.29, 0.717) is 42.6 Å². The highest BCUT2D eigenvalue weighted by atomic mass is 19.3. The van der Waals surface area contributed by atoms with Gasteiger partial charge in [0.25, 0.3) is 0 Å². The van der Waals surface area contributed by atoms with Gasteiger partial charge < -0.3 is 29.4 Å². The van der Waals surface area contributed by atoms with E-state index in [-0.39, 0.29) is 29.0 Å². The molecular formula is C30H27F2NO7. The number of halogens is 2. The fourth-order valence-corrected chi connectivity index (χ4v) is 5.53. The molecule has 2 heterocycles. The van der Waals surface area contributed by atoms with Gasteiger partial charge in [0.15, 0.2) is 11.5 Å². The predicted molar refractivity (Wildman–Crippen MR) is 138 cm³/mol. The largest absolute Gasteiger partial charge is 0.586 e. The lowest BCUT2D eigenvalue weighted by molar-refractivity contribution is -0.286. The number of methoxy groups -OCH3 is 1. The maximum atomic E-state index is 13.7. The van der Waals surface area contributed by atoms with Gasteiger partial charge in [0.05, 0.1) is 30.3 Å². The normalized spacial score (nSPS) is 23.7. The summed E-state index contributed by atoms with van der Waals surface area (Å²) in [6.45, 7) is 0. The van der Waals surface area contributed by atoms with Gasteiger partial charge in [-0.05, 0) is 78.8 Å². The van der Waals surface area contributed by atoms with Gasteiger partial charge in [-0.15, -0.1) is 8.78 Å². The van der Waals surface area contributed by atoms with Gasteiger partial charge in [-0.3, -0.25) is 4.79 Å². The van der Waals surface area contributed by atoms with Crippen molar-refractivity contribution in [2.45, 2.75) is 55.6 Å². The van der Waals surface area contributed by atoms with Crippen LogP contribution in [0, 0.1) is 0 Å². The van der Waals surface area contributed by atoms with E-state index in [9.17, 15) is 23.5 Å². The summed E-state index contributed by atoms with van der Waals surface area (Å²) in [4.78, 5) is 25.3. The summed E-state index contributed by atoms with van der Waals surface area (Å²) in [7, 11) is 1.58. The highest BCUT2D eigenvalue weighted by molar-refractivity contribution is 5.91. The van der Waals surface area contributed by atoms with Gasteiger partial charge in [-0.2, -0.15) is 0 Å². The molecule has 40 heavy (non-hydrogen) atoms. The summed E-state index contributed by atoms with van der Waals surface area (Å²) in [6, 6.07) is 18.3. The summed E-state index contributed by atoms with van der Waals surface area (Å²) < 4.78 is 48.0. The highest BCUT2D eigenvalue weighted by Gasteiger charge is 2.53. The van der Waals surface area contributed by atoms with Crippen LogP contribution >= 0.6 is 0 Å². The van der Waals surface area contributed by atoms with Crippen LogP contribution in [-0.2, 0) is 14.9 Å². The minimum atomic E-state index is -3.73. The third kappa shape index (κ3) is 4.95. The van der Waals surface area contributed by atoms with Crippen LogP contribution < -0.4 is 19.5 Å². The van der Waals surface area contributed by atoms with E-state index in [2.05, 4.69) is 14.8 Å². The summed E-state index contributed by atoms with van der Waals surface area (Å²) in [5.74, 6) is -0.732. The van der Waals surface area contributed by atoms with E-state index >= 15 is 0 Å². The molecule has 2 aliphatic heterocycles. The summed E-state index contributed by atoms with van der Waals surface area (Å²) in [5, 5.41) is 12.7. The van der Waals surface area contributed by atoms with Crippen molar-refractivity contribution in [3.63, 3.8) is 0 Å². The smallest absolute Gasteiger partial charge is 0.497 e. The number of hydrogen-bond donors (Lipinski definition) is 2. The van der Waals surface area contributed by atoms with Crippen LogP contribution in [0.4, 0.5) is 8.78 Å². The van der Waals surface area contributed by atoms with E-state index in [1.54, 1.807) is 25.3 Å². The molecule has 6 rings (SSSR count). The maximum absolute atomic E-state index is 13.7. The number of nitrogens with one attached hydrogen (secondary N) is 1. The van der Waals surface area contributed by atoms with Crippen molar-refractivity contribution in [1.82, 2.24) is 5.32 Å². The molecule has 0 aromatic heterocycles. The molecule has 1 saturated carbocycles. The van der Waals surface area contributed by atoms with Crippen molar-refractivity contribution in [3.8, 4) is 17.2 Å². The minimum Gasteiger partial charge on any atom is -0.497 e. The van der Waals surface area contributed by atoms with Crippen LogP contribution in [0.25, 0.3) is 0 Å². The lowest BCUT2D eigenvalue weighted by atomic mass is 9.89. The Morgan fingerprint density at radius 1 is 0.925 bits per heavy atom. The molecule has 1 amide bonds. The second-order valence-electron chi connectivity index (χ2n) is 10.4. The van der Waals surface area contributed by atoms with Gasteiger partial charge >= 0.3 is 12.3 Å². The Hall–Kier alpha value is -4.18. The lowest BCUT2D eigenvalue weighted by Crippen LogP contribution is -2.45. The summed E-state index contributed by atoms with van der Waals surface area (Å²) in [5.41, 5.74) is 1.46. The maximum Gasteiger partial charge on any atom is 0.586 e. The van der Waals surface area contributed by atoms with Crippen LogP contribution in [0.1, 0.15) is 64.9 Å². The Labute approximate surface area is 228 Å². The summed E-state index contributed by atoms with van der Waals surface area (Å²) >= 11 is 0. The highest BCUT2D eigenvalue weighted by Crippen LogP contribution is 2.52. The zero-order valence-corrected chi connectivity index (χ0v) is 21.6. The van der Waals surface area contributed by atoms with Gasteiger partial charge in [-0.25, -0.2) is 4.79 Å². The summed E-state index contributed by atoms with van der Waals surface area (Å²) in [6.07, 6.45) is -2.54. The Morgan fingerprint density at radius 2 is 1.60 bits per heavy atom. The van der Waals surface area contributed by atoms with E-state index in [1.807, 2.05) is 30.3 Å². The van der Waals surface area contributed by atoms with Crippen molar-refractivity contribution in [2.75, 3.05) is 7.11 Å². The Bertz CT molecular complexity index is 1470. The number of carbonyl (C=O) groups excluding carboxylic acids is 1. The second kappa shape index (κ2) is 9.78. The van der Waals surface area contributed by atoms with Crippen LogP contribution in [0.3, 0.4) is 0 Å². The number of carbonyl (C=O) groups is 2. The quantitative estimate of drug-likeness (QED) is 0.398. The molecule has 3 atom stereocenters. The van der Waals surface area contributed by atoms with E-state index in [1.165, 1.54) is 18.2 Å². The molecule has 0 spiro atoms. The fraction of sp³-hybridized carbons (Fsp3) is 0.333. The molecule has 2 N–H and O–H groups in total. The van der Waals surface area contributed by atoms with Crippen LogP contribution in [0.15, 0.2) is 66.7 Å². The molecule has 0 bridgehead atoms. The number of alkyl halides is 2. The zero-order chi connectivity index (χ0) is 28.1. The molecule has 10 heteroatoms. The molecule has 1 saturated heterocycles. The number of aromatic carboxylic acids is 1. The van der Waals surface area contributed by atoms with Crippen molar-refractivity contribution in [3.05, 3.63) is 89.0 Å². The van der Waals surface area contributed by atoms with E-state index in [4.69, 9.17) is 9.47 Å². The predicted octanol–water partition coefficient (Wildman–Crippen LogP) is 5.52. The Balaban J connectivity index is 1.26. The van der Waals surface area contributed by atoms with Crippen LogP contribution in [-0.4, -0.2) is 36.4 Å². The first-order valence-corrected chi connectivity index (χ1v) is 13.0. The van der Waals surface area contributed by atoms with Gasteiger partial charge in [0.1, 0.15) is 5.75 Å². The topological polar surface area (TPSA) is 103 Å². The number of ether oxygens (including phenoxy) is 4. The van der Waals surface area contributed by atoms with Crippen LogP contribution in [0.5, 0.6) is 17.2 Å². The fourth-order valence-electron chi connectivity index (χ4n) is 5.53. The molecule has 0 radical (unpaired) electrons. The molecule has 8 nitrogen and oxygen atoms in total. The van der Waals surface area contributed by atoms with Crippen molar-refractivity contribution in [2.24, 2.45) is 0 Å². The molecule has 208 valence electrons. The van der Waals surface area contributed by atoms with Gasteiger partial charge in [-0.1, -0.05) is 30.3 Å². The third-order valence-corrected chi connectivity index (χ3v) is 7.77. The van der Waals surface area contributed by atoms with E-state index in [0.717, 1.165) is 5.56 Å². The molecule has 2 fully saturated rings. The zero-order valence-electron chi connectivity index (χ0n) is 21.6. The van der Waals surface area contributed by atoms with Gasteiger partial charge in [0, 0.05) is 6.04 Å². The molecule has 3 aromatic rings. The van der Waals surface area contributed by atoms with Gasteiger partial charge in [0.2, 0.25) is 5.91 Å². The minimum absolute atomic E-state index is 0.0676. The Kier molecular flexibility index (Phi) is 6.37. The molecular weight excluding hydrogens is 524 g/mol. The average molecular weight is 552 g/mol. The average Bonchev–Trinajstić information content (AvgIpc) is 3.70. The number of carboxylic acid groups (broad SMARTS) is 1.